The molecule has 0 aromatic heterocycles. The van der Waals surface area contributed by atoms with Gasteiger partial charge in [-0.3, -0.25) is 0 Å². The fraction of sp³-hybridized carbons (Fsp3) is 0.176. The third-order valence-electron chi connectivity index (χ3n) is 3.23. The molecule has 0 aliphatic heterocycles. The average Bonchev–Trinajstić information content (AvgIpc) is 2.49. The number of para-hydroxylation sites is 1. The van der Waals surface area contributed by atoms with Crippen LogP contribution in [0, 0.1) is 0 Å². The van der Waals surface area contributed by atoms with Crippen molar-refractivity contribution in [2.45, 2.75) is 6.42 Å². The number of hydrogen-bond donors (Lipinski definition) is 1. The standard InChI is InChI=1S/C17H20N2/c1-2-15-8-10-16(11-9-15)12-13-19(14-18)17-6-4-3-5-7-17/h2-11H,1,12-14,18H2. The van der Waals surface area contributed by atoms with E-state index in [-0.39, 0.29) is 0 Å². The third kappa shape index (κ3) is 3.70. The molecule has 0 saturated carbocycles. The second-order valence-electron chi connectivity index (χ2n) is 4.48. The molecule has 2 nitrogen and oxygen atoms in total. The predicted octanol–water partition coefficient (Wildman–Crippen LogP) is 3.29. The van der Waals surface area contributed by atoms with Gasteiger partial charge in [0.1, 0.15) is 0 Å². The van der Waals surface area contributed by atoms with E-state index in [4.69, 9.17) is 5.73 Å². The zero-order valence-electron chi connectivity index (χ0n) is 11.1. The van der Waals surface area contributed by atoms with Gasteiger partial charge in [-0.25, -0.2) is 0 Å². The van der Waals surface area contributed by atoms with Crippen LogP contribution in [0.25, 0.3) is 6.08 Å². The highest BCUT2D eigenvalue weighted by Crippen LogP contribution is 2.13. The minimum Gasteiger partial charge on any atom is -0.359 e. The van der Waals surface area contributed by atoms with Crippen molar-refractivity contribution >= 4 is 11.8 Å². The molecule has 2 aromatic rings. The topological polar surface area (TPSA) is 29.3 Å². The van der Waals surface area contributed by atoms with Gasteiger partial charge in [-0.1, -0.05) is 55.1 Å². The fourth-order valence-electron chi connectivity index (χ4n) is 2.05. The Hall–Kier alpha value is -2.06. The van der Waals surface area contributed by atoms with Gasteiger partial charge in [0, 0.05) is 12.2 Å². The van der Waals surface area contributed by atoms with E-state index < -0.39 is 0 Å². The van der Waals surface area contributed by atoms with Gasteiger partial charge in [-0.2, -0.15) is 0 Å². The Balaban J connectivity index is 1.97. The van der Waals surface area contributed by atoms with Crippen LogP contribution >= 0.6 is 0 Å². The van der Waals surface area contributed by atoms with Gasteiger partial charge in [-0.15, -0.1) is 0 Å². The second kappa shape index (κ2) is 6.76. The monoisotopic (exact) mass is 252 g/mol. The van der Waals surface area contributed by atoms with Gasteiger partial charge >= 0.3 is 0 Å². The highest BCUT2D eigenvalue weighted by molar-refractivity contribution is 5.48. The Labute approximate surface area is 115 Å². The molecule has 0 radical (unpaired) electrons. The minimum atomic E-state index is 0.536. The smallest absolute Gasteiger partial charge is 0.0657 e. The SMILES string of the molecule is C=Cc1ccc(CCN(CN)c2ccccc2)cc1. The zero-order chi connectivity index (χ0) is 13.5. The summed E-state index contributed by atoms with van der Waals surface area (Å²) in [5.74, 6) is 0. The number of anilines is 1. The van der Waals surface area contributed by atoms with Crippen LogP contribution < -0.4 is 10.6 Å². The first-order valence-electron chi connectivity index (χ1n) is 6.55. The highest BCUT2D eigenvalue weighted by Gasteiger charge is 2.03. The normalized spacial score (nSPS) is 10.2. The molecule has 0 saturated heterocycles. The van der Waals surface area contributed by atoms with Crippen molar-refractivity contribution in [3.8, 4) is 0 Å². The van der Waals surface area contributed by atoms with Crippen molar-refractivity contribution < 1.29 is 0 Å². The number of hydrogen-bond acceptors (Lipinski definition) is 2. The van der Waals surface area contributed by atoms with E-state index in [1.165, 1.54) is 11.3 Å². The zero-order valence-corrected chi connectivity index (χ0v) is 11.1. The summed E-state index contributed by atoms with van der Waals surface area (Å²) in [4.78, 5) is 2.18. The Morgan fingerprint density at radius 3 is 2.26 bits per heavy atom. The Morgan fingerprint density at radius 1 is 1.00 bits per heavy atom. The second-order valence-corrected chi connectivity index (χ2v) is 4.48. The number of benzene rings is 2. The summed E-state index contributed by atoms with van der Waals surface area (Å²) < 4.78 is 0. The lowest BCUT2D eigenvalue weighted by atomic mass is 10.1. The lowest BCUT2D eigenvalue weighted by Gasteiger charge is -2.22. The number of nitrogens with two attached hydrogens (primary N) is 1. The maximum Gasteiger partial charge on any atom is 0.0657 e. The largest absolute Gasteiger partial charge is 0.359 e. The molecule has 0 bridgehead atoms. The van der Waals surface area contributed by atoms with Gasteiger partial charge in [0.2, 0.25) is 0 Å². The van der Waals surface area contributed by atoms with Crippen molar-refractivity contribution in [1.29, 1.82) is 0 Å². The van der Waals surface area contributed by atoms with Gasteiger partial charge < -0.3 is 10.6 Å². The van der Waals surface area contributed by atoms with E-state index in [2.05, 4.69) is 47.9 Å². The Morgan fingerprint density at radius 2 is 1.68 bits per heavy atom. The van der Waals surface area contributed by atoms with E-state index in [9.17, 15) is 0 Å². The third-order valence-corrected chi connectivity index (χ3v) is 3.23. The molecule has 0 fully saturated rings. The molecule has 2 N–H and O–H groups in total. The molecule has 2 aromatic carbocycles. The molecule has 0 atom stereocenters. The fourth-order valence-corrected chi connectivity index (χ4v) is 2.05. The van der Waals surface area contributed by atoms with Gasteiger partial charge in [0.25, 0.3) is 0 Å². The van der Waals surface area contributed by atoms with Gasteiger partial charge in [-0.05, 0) is 29.7 Å². The highest BCUT2D eigenvalue weighted by atomic mass is 15.2. The molecule has 0 amide bonds. The quantitative estimate of drug-likeness (QED) is 0.799. The van der Waals surface area contributed by atoms with Gasteiger partial charge in [0.05, 0.1) is 6.67 Å². The molecular weight excluding hydrogens is 232 g/mol. The van der Waals surface area contributed by atoms with Crippen LogP contribution in [0.15, 0.2) is 61.2 Å². The van der Waals surface area contributed by atoms with Crippen molar-refractivity contribution in [2.75, 3.05) is 18.1 Å². The first-order valence-corrected chi connectivity index (χ1v) is 6.55. The summed E-state index contributed by atoms with van der Waals surface area (Å²) in [5, 5.41) is 0. The Bertz CT molecular complexity index is 503. The van der Waals surface area contributed by atoms with Crippen LogP contribution in [0.2, 0.25) is 0 Å². The summed E-state index contributed by atoms with van der Waals surface area (Å²) in [6.45, 7) is 5.22. The molecule has 2 heteroatoms. The molecule has 0 unspecified atom stereocenters. The minimum absolute atomic E-state index is 0.536. The maximum absolute atomic E-state index is 5.83. The number of rotatable bonds is 6. The maximum atomic E-state index is 5.83. The van der Waals surface area contributed by atoms with Crippen LogP contribution in [0.5, 0.6) is 0 Å². The lowest BCUT2D eigenvalue weighted by Crippen LogP contribution is -2.31. The molecule has 0 heterocycles. The molecular formula is C17H20N2. The average molecular weight is 252 g/mol. The summed E-state index contributed by atoms with van der Waals surface area (Å²) in [7, 11) is 0. The van der Waals surface area contributed by atoms with Crippen LogP contribution in [0.1, 0.15) is 11.1 Å². The van der Waals surface area contributed by atoms with E-state index in [1.807, 2.05) is 24.3 Å². The summed E-state index contributed by atoms with van der Waals surface area (Å²) in [5.41, 5.74) is 9.48. The van der Waals surface area contributed by atoms with Crippen molar-refractivity contribution in [1.82, 2.24) is 0 Å². The molecule has 0 spiro atoms. The molecule has 98 valence electrons. The molecule has 0 aliphatic carbocycles. The first kappa shape index (κ1) is 13.4. The summed E-state index contributed by atoms with van der Waals surface area (Å²) in [6.07, 6.45) is 2.85. The van der Waals surface area contributed by atoms with Crippen molar-refractivity contribution in [2.24, 2.45) is 5.73 Å². The van der Waals surface area contributed by atoms with Crippen LogP contribution in [-0.4, -0.2) is 13.2 Å². The summed E-state index contributed by atoms with van der Waals surface area (Å²) >= 11 is 0. The van der Waals surface area contributed by atoms with Crippen LogP contribution in [0.4, 0.5) is 5.69 Å². The van der Waals surface area contributed by atoms with Crippen LogP contribution in [0.3, 0.4) is 0 Å². The van der Waals surface area contributed by atoms with E-state index in [1.54, 1.807) is 0 Å². The lowest BCUT2D eigenvalue weighted by molar-refractivity contribution is 0.793. The van der Waals surface area contributed by atoms with E-state index in [0.29, 0.717) is 6.67 Å². The summed E-state index contributed by atoms with van der Waals surface area (Å²) in [6, 6.07) is 18.8. The molecule has 19 heavy (non-hydrogen) atoms. The molecule has 2 rings (SSSR count). The van der Waals surface area contributed by atoms with Crippen molar-refractivity contribution in [3.63, 3.8) is 0 Å². The Kier molecular flexibility index (Phi) is 4.76. The number of nitrogens with zero attached hydrogens (tertiary/aromatic N) is 1. The van der Waals surface area contributed by atoms with E-state index in [0.717, 1.165) is 18.5 Å². The molecule has 0 aliphatic rings. The first-order chi connectivity index (χ1) is 9.33. The predicted molar refractivity (Wildman–Crippen MR) is 83.1 cm³/mol. The van der Waals surface area contributed by atoms with Gasteiger partial charge in [0.15, 0.2) is 0 Å². The van der Waals surface area contributed by atoms with E-state index >= 15 is 0 Å². The van der Waals surface area contributed by atoms with Crippen molar-refractivity contribution in [3.05, 3.63) is 72.3 Å². The van der Waals surface area contributed by atoms with Crippen LogP contribution in [-0.2, 0) is 6.42 Å².